The van der Waals surface area contributed by atoms with Crippen molar-refractivity contribution < 1.29 is 23.3 Å². The Kier molecular flexibility index (Phi) is 5.07. The molecule has 0 aliphatic carbocycles. The average Bonchev–Trinajstić information content (AvgIpc) is 2.36. The molecule has 0 saturated carbocycles. The van der Waals surface area contributed by atoms with Crippen molar-refractivity contribution in [2.45, 2.75) is 6.92 Å². The summed E-state index contributed by atoms with van der Waals surface area (Å²) < 4.78 is 26.8. The van der Waals surface area contributed by atoms with Crippen LogP contribution in [0, 0.1) is 21.7 Å². The van der Waals surface area contributed by atoms with Gasteiger partial charge in [-0.3, -0.25) is 19.7 Å². The quantitative estimate of drug-likeness (QED) is 0.473. The lowest BCUT2D eigenvalue weighted by Gasteiger charge is -2.07. The van der Waals surface area contributed by atoms with Crippen molar-refractivity contribution in [3.63, 3.8) is 0 Å². The molecule has 0 fully saturated rings. The minimum absolute atomic E-state index is 0.0256. The maximum Gasteiger partial charge on any atom is 0.308 e. The van der Waals surface area contributed by atoms with E-state index in [0.717, 1.165) is 0 Å². The van der Waals surface area contributed by atoms with E-state index in [0.29, 0.717) is 12.1 Å². The molecule has 1 rings (SSSR count). The highest BCUT2D eigenvalue weighted by Gasteiger charge is 2.23. The van der Waals surface area contributed by atoms with Crippen LogP contribution in [0.4, 0.5) is 14.5 Å². The minimum Gasteiger partial charge on any atom is -0.355 e. The molecule has 0 aromatic heterocycles. The largest absolute Gasteiger partial charge is 0.355 e. The van der Waals surface area contributed by atoms with Crippen molar-refractivity contribution in [2.75, 3.05) is 13.1 Å². The fourth-order valence-electron chi connectivity index (χ4n) is 1.38. The molecule has 0 aliphatic rings. The number of carbonyl (C=O) groups is 2. The summed E-state index contributed by atoms with van der Waals surface area (Å²) in [7, 11) is 0. The van der Waals surface area contributed by atoms with Gasteiger partial charge in [-0.1, -0.05) is 0 Å². The van der Waals surface area contributed by atoms with Crippen molar-refractivity contribution in [1.82, 2.24) is 10.6 Å². The first-order valence-electron chi connectivity index (χ1n) is 5.49. The summed E-state index contributed by atoms with van der Waals surface area (Å²) in [5.41, 5.74) is -1.88. The molecule has 0 radical (unpaired) electrons. The zero-order chi connectivity index (χ0) is 15.3. The molecule has 0 aliphatic heterocycles. The van der Waals surface area contributed by atoms with Gasteiger partial charge in [0.15, 0.2) is 0 Å². The number of halogens is 2. The zero-order valence-corrected chi connectivity index (χ0v) is 10.4. The summed E-state index contributed by atoms with van der Waals surface area (Å²) in [6, 6.07) is 0.958. The third-order valence-electron chi connectivity index (χ3n) is 2.24. The first-order chi connectivity index (χ1) is 9.32. The van der Waals surface area contributed by atoms with Gasteiger partial charge in [-0.05, 0) is 6.07 Å². The van der Waals surface area contributed by atoms with Gasteiger partial charge in [-0.25, -0.2) is 4.39 Å². The minimum atomic E-state index is -1.41. The molecule has 9 heteroatoms. The Morgan fingerprint density at radius 3 is 2.40 bits per heavy atom. The maximum atomic E-state index is 13.7. The molecule has 2 N–H and O–H groups in total. The number of rotatable bonds is 5. The molecular formula is C11H11F2N3O4. The van der Waals surface area contributed by atoms with Crippen LogP contribution in [-0.4, -0.2) is 29.8 Å². The molecule has 20 heavy (non-hydrogen) atoms. The molecule has 1 aromatic carbocycles. The Morgan fingerprint density at radius 1 is 1.25 bits per heavy atom. The highest BCUT2D eigenvalue weighted by atomic mass is 19.1. The van der Waals surface area contributed by atoms with Crippen molar-refractivity contribution in [3.8, 4) is 0 Å². The summed E-state index contributed by atoms with van der Waals surface area (Å²) >= 11 is 0. The van der Waals surface area contributed by atoms with E-state index in [-0.39, 0.29) is 19.0 Å². The SMILES string of the molecule is CC(=O)NCCNC(=O)c1cc(F)cc([N+](=O)[O-])c1F. The molecule has 2 amide bonds. The monoisotopic (exact) mass is 287 g/mol. The second kappa shape index (κ2) is 6.55. The van der Waals surface area contributed by atoms with Crippen LogP contribution >= 0.6 is 0 Å². The van der Waals surface area contributed by atoms with Crippen molar-refractivity contribution in [2.24, 2.45) is 0 Å². The summed E-state index contributed by atoms with van der Waals surface area (Å²) in [4.78, 5) is 31.5. The topological polar surface area (TPSA) is 101 Å². The fraction of sp³-hybridized carbons (Fsp3) is 0.273. The highest BCUT2D eigenvalue weighted by Crippen LogP contribution is 2.22. The molecular weight excluding hydrogens is 276 g/mol. The van der Waals surface area contributed by atoms with Crippen LogP contribution in [0.15, 0.2) is 12.1 Å². The van der Waals surface area contributed by atoms with Gasteiger partial charge in [0.05, 0.1) is 16.6 Å². The van der Waals surface area contributed by atoms with Crippen LogP contribution in [0.3, 0.4) is 0 Å². The number of benzene rings is 1. The van der Waals surface area contributed by atoms with Gasteiger partial charge in [-0.15, -0.1) is 0 Å². The van der Waals surface area contributed by atoms with E-state index < -0.39 is 33.7 Å². The molecule has 0 spiro atoms. The average molecular weight is 287 g/mol. The van der Waals surface area contributed by atoms with Crippen LogP contribution in [0.5, 0.6) is 0 Å². The Hall–Kier alpha value is -2.58. The molecule has 108 valence electrons. The van der Waals surface area contributed by atoms with Gasteiger partial charge >= 0.3 is 5.69 Å². The van der Waals surface area contributed by atoms with Crippen LogP contribution in [0.1, 0.15) is 17.3 Å². The third-order valence-corrected chi connectivity index (χ3v) is 2.24. The van der Waals surface area contributed by atoms with Crippen LogP contribution in [0.2, 0.25) is 0 Å². The van der Waals surface area contributed by atoms with Crippen molar-refractivity contribution in [1.29, 1.82) is 0 Å². The second-order valence-electron chi connectivity index (χ2n) is 3.78. The Labute approximate surface area is 112 Å². The summed E-state index contributed by atoms with van der Waals surface area (Å²) in [5.74, 6) is -3.82. The van der Waals surface area contributed by atoms with Crippen LogP contribution < -0.4 is 10.6 Å². The van der Waals surface area contributed by atoms with Gasteiger partial charge in [0, 0.05) is 20.0 Å². The third kappa shape index (κ3) is 3.97. The number of carbonyl (C=O) groups excluding carboxylic acids is 2. The lowest BCUT2D eigenvalue weighted by atomic mass is 10.1. The molecule has 0 saturated heterocycles. The van der Waals surface area contributed by atoms with Crippen LogP contribution in [-0.2, 0) is 4.79 Å². The van der Waals surface area contributed by atoms with Gasteiger partial charge in [0.2, 0.25) is 11.7 Å². The predicted molar refractivity (Wildman–Crippen MR) is 64.0 cm³/mol. The molecule has 1 aromatic rings. The fourth-order valence-corrected chi connectivity index (χ4v) is 1.38. The smallest absolute Gasteiger partial charge is 0.308 e. The summed E-state index contributed by atoms with van der Waals surface area (Å²) in [5, 5.41) is 15.1. The maximum absolute atomic E-state index is 13.7. The number of hydrogen-bond acceptors (Lipinski definition) is 4. The van der Waals surface area contributed by atoms with E-state index >= 15 is 0 Å². The van der Waals surface area contributed by atoms with E-state index in [2.05, 4.69) is 10.6 Å². The molecule has 0 bridgehead atoms. The van der Waals surface area contributed by atoms with Gasteiger partial charge in [-0.2, -0.15) is 4.39 Å². The van der Waals surface area contributed by atoms with E-state index in [1.54, 1.807) is 0 Å². The van der Waals surface area contributed by atoms with E-state index in [1.165, 1.54) is 6.92 Å². The normalized spacial score (nSPS) is 9.95. The van der Waals surface area contributed by atoms with Crippen molar-refractivity contribution >= 4 is 17.5 Å². The second-order valence-corrected chi connectivity index (χ2v) is 3.78. The lowest BCUT2D eigenvalue weighted by molar-refractivity contribution is -0.387. The standard InChI is InChI=1S/C11H11F2N3O4/c1-6(17)14-2-3-15-11(18)8-4-7(12)5-9(10(8)13)16(19)20/h4-5H,2-3H2,1H3,(H,14,17)(H,15,18). The van der Waals surface area contributed by atoms with E-state index in [1.807, 2.05) is 0 Å². The number of nitrogens with one attached hydrogen (secondary N) is 2. The lowest BCUT2D eigenvalue weighted by Crippen LogP contribution is -2.34. The Bertz CT molecular complexity index is 563. The van der Waals surface area contributed by atoms with Crippen LogP contribution in [0.25, 0.3) is 0 Å². The summed E-state index contributed by atoms with van der Waals surface area (Å²) in [6.07, 6.45) is 0. The zero-order valence-electron chi connectivity index (χ0n) is 10.4. The molecule has 0 unspecified atom stereocenters. The van der Waals surface area contributed by atoms with Gasteiger partial charge in [0.25, 0.3) is 5.91 Å². The first kappa shape index (κ1) is 15.5. The number of nitrogens with zero attached hydrogens (tertiary/aromatic N) is 1. The number of nitro benzene ring substituents is 1. The predicted octanol–water partition coefficient (Wildman–Crippen LogP) is 0.739. The number of amides is 2. The molecule has 7 nitrogen and oxygen atoms in total. The molecule has 0 heterocycles. The molecule has 0 atom stereocenters. The summed E-state index contributed by atoms with van der Waals surface area (Å²) in [6.45, 7) is 1.35. The van der Waals surface area contributed by atoms with Crippen molar-refractivity contribution in [3.05, 3.63) is 39.4 Å². The van der Waals surface area contributed by atoms with E-state index in [9.17, 15) is 28.5 Å². The highest BCUT2D eigenvalue weighted by molar-refractivity contribution is 5.95. The first-order valence-corrected chi connectivity index (χ1v) is 5.49. The Balaban J connectivity index is 2.82. The number of nitro groups is 1. The van der Waals surface area contributed by atoms with Gasteiger partial charge in [0.1, 0.15) is 5.82 Å². The van der Waals surface area contributed by atoms with E-state index in [4.69, 9.17) is 0 Å². The van der Waals surface area contributed by atoms with Gasteiger partial charge < -0.3 is 10.6 Å². The Morgan fingerprint density at radius 2 is 1.85 bits per heavy atom. The number of hydrogen-bond donors (Lipinski definition) is 2.